The predicted octanol–water partition coefficient (Wildman–Crippen LogP) is 3.47. The summed E-state index contributed by atoms with van der Waals surface area (Å²) >= 11 is 1.57. The summed E-state index contributed by atoms with van der Waals surface area (Å²) in [5.41, 5.74) is 0. The largest absolute Gasteiger partial charge is 0.392 e. The van der Waals surface area contributed by atoms with Crippen LogP contribution in [0.2, 0.25) is 0 Å². The summed E-state index contributed by atoms with van der Waals surface area (Å²) in [5.74, 6) is 0.469. The number of aliphatic hydroxyl groups is 1. The van der Waals surface area contributed by atoms with E-state index in [2.05, 4.69) is 6.92 Å². The van der Waals surface area contributed by atoms with Crippen LogP contribution in [0.4, 0.5) is 4.39 Å². The Morgan fingerprint density at radius 2 is 2.00 bits per heavy atom. The van der Waals surface area contributed by atoms with Crippen LogP contribution in [0.5, 0.6) is 0 Å². The molecular weight excluding hydrogens is 211 g/mol. The molecule has 84 valence electrons. The van der Waals surface area contributed by atoms with E-state index in [0.717, 1.165) is 24.2 Å². The minimum Gasteiger partial charge on any atom is -0.392 e. The van der Waals surface area contributed by atoms with Gasteiger partial charge >= 0.3 is 0 Å². The zero-order chi connectivity index (χ0) is 11.1. The van der Waals surface area contributed by atoms with Gasteiger partial charge in [-0.2, -0.15) is 0 Å². The van der Waals surface area contributed by atoms with Crippen molar-refractivity contribution in [2.24, 2.45) is 0 Å². The van der Waals surface area contributed by atoms with Gasteiger partial charge in [-0.05, 0) is 30.7 Å². The molecule has 0 aromatic heterocycles. The molecule has 0 aliphatic heterocycles. The van der Waals surface area contributed by atoms with Gasteiger partial charge in [0.1, 0.15) is 5.82 Å². The van der Waals surface area contributed by atoms with Crippen molar-refractivity contribution in [3.8, 4) is 0 Å². The molecule has 0 spiro atoms. The number of benzene rings is 1. The maximum Gasteiger partial charge on any atom is 0.123 e. The Bertz CT molecular complexity index is 273. The predicted molar refractivity (Wildman–Crippen MR) is 62.7 cm³/mol. The lowest BCUT2D eigenvalue weighted by Crippen LogP contribution is -2.09. The summed E-state index contributed by atoms with van der Waals surface area (Å²) in [5, 5.41) is 9.60. The van der Waals surface area contributed by atoms with Gasteiger partial charge in [0.05, 0.1) is 6.10 Å². The Labute approximate surface area is 94.7 Å². The van der Waals surface area contributed by atoms with E-state index in [1.54, 1.807) is 23.9 Å². The maximum atomic E-state index is 12.6. The highest BCUT2D eigenvalue weighted by Crippen LogP contribution is 2.20. The van der Waals surface area contributed by atoms with Crippen LogP contribution in [0.3, 0.4) is 0 Å². The molecule has 1 nitrogen and oxygen atoms in total. The molecule has 0 amide bonds. The monoisotopic (exact) mass is 228 g/mol. The number of halogens is 1. The summed E-state index contributed by atoms with van der Waals surface area (Å²) in [6.07, 6.45) is 2.77. The van der Waals surface area contributed by atoms with E-state index in [0.29, 0.717) is 5.75 Å². The summed E-state index contributed by atoms with van der Waals surface area (Å²) in [4.78, 5) is 1.01. The van der Waals surface area contributed by atoms with E-state index in [9.17, 15) is 9.50 Å². The molecule has 0 aliphatic carbocycles. The van der Waals surface area contributed by atoms with Gasteiger partial charge in [-0.1, -0.05) is 19.8 Å². The van der Waals surface area contributed by atoms with E-state index in [1.807, 2.05) is 0 Å². The van der Waals surface area contributed by atoms with Crippen molar-refractivity contribution in [2.75, 3.05) is 5.75 Å². The SMILES string of the molecule is CCCCC(O)CSc1ccc(F)cc1. The second-order valence-corrected chi connectivity index (χ2v) is 4.65. The number of rotatable bonds is 6. The van der Waals surface area contributed by atoms with Crippen LogP contribution in [-0.2, 0) is 0 Å². The third-order valence-corrected chi connectivity index (χ3v) is 3.30. The van der Waals surface area contributed by atoms with Crippen molar-refractivity contribution in [3.63, 3.8) is 0 Å². The Balaban J connectivity index is 2.27. The Morgan fingerprint density at radius 1 is 1.33 bits per heavy atom. The molecule has 1 atom stereocenters. The van der Waals surface area contributed by atoms with E-state index < -0.39 is 0 Å². The lowest BCUT2D eigenvalue weighted by atomic mass is 10.2. The molecule has 1 aromatic carbocycles. The highest BCUT2D eigenvalue weighted by Gasteiger charge is 2.04. The molecule has 0 fully saturated rings. The first-order valence-electron chi connectivity index (χ1n) is 5.28. The Hall–Kier alpha value is -0.540. The van der Waals surface area contributed by atoms with E-state index in [1.165, 1.54) is 12.1 Å². The van der Waals surface area contributed by atoms with Crippen molar-refractivity contribution in [2.45, 2.75) is 37.2 Å². The molecule has 0 saturated heterocycles. The second kappa shape index (κ2) is 6.85. The minimum absolute atomic E-state index is 0.217. The number of hydrogen-bond acceptors (Lipinski definition) is 2. The van der Waals surface area contributed by atoms with Crippen molar-refractivity contribution in [3.05, 3.63) is 30.1 Å². The fourth-order valence-corrected chi connectivity index (χ4v) is 2.13. The van der Waals surface area contributed by atoms with Gasteiger partial charge in [-0.15, -0.1) is 11.8 Å². The molecule has 15 heavy (non-hydrogen) atoms. The van der Waals surface area contributed by atoms with Crippen LogP contribution in [0.15, 0.2) is 29.2 Å². The smallest absolute Gasteiger partial charge is 0.123 e. The Kier molecular flexibility index (Phi) is 5.73. The molecule has 1 unspecified atom stereocenters. The lowest BCUT2D eigenvalue weighted by molar-refractivity contribution is 0.186. The second-order valence-electron chi connectivity index (χ2n) is 3.56. The highest BCUT2D eigenvalue weighted by atomic mass is 32.2. The van der Waals surface area contributed by atoms with Crippen molar-refractivity contribution in [1.82, 2.24) is 0 Å². The van der Waals surface area contributed by atoms with Gasteiger partial charge in [0.25, 0.3) is 0 Å². The molecule has 0 saturated carbocycles. The first-order valence-corrected chi connectivity index (χ1v) is 6.27. The first-order chi connectivity index (χ1) is 7.22. The summed E-state index contributed by atoms with van der Waals surface area (Å²) < 4.78 is 12.6. The molecule has 0 bridgehead atoms. The van der Waals surface area contributed by atoms with Gasteiger partial charge in [-0.3, -0.25) is 0 Å². The van der Waals surface area contributed by atoms with Crippen LogP contribution in [0.1, 0.15) is 26.2 Å². The average molecular weight is 228 g/mol. The lowest BCUT2D eigenvalue weighted by Gasteiger charge is -2.09. The number of unbranched alkanes of at least 4 members (excludes halogenated alkanes) is 1. The fourth-order valence-electron chi connectivity index (χ4n) is 1.25. The van der Waals surface area contributed by atoms with Crippen molar-refractivity contribution < 1.29 is 9.50 Å². The van der Waals surface area contributed by atoms with Crippen LogP contribution in [-0.4, -0.2) is 17.0 Å². The van der Waals surface area contributed by atoms with Gasteiger partial charge in [0.2, 0.25) is 0 Å². The van der Waals surface area contributed by atoms with Crippen LogP contribution < -0.4 is 0 Å². The normalized spacial score (nSPS) is 12.7. The Morgan fingerprint density at radius 3 is 2.60 bits per heavy atom. The maximum absolute atomic E-state index is 12.6. The molecule has 1 rings (SSSR count). The number of aliphatic hydroxyl groups excluding tert-OH is 1. The van der Waals surface area contributed by atoms with Gasteiger partial charge in [-0.25, -0.2) is 4.39 Å². The van der Waals surface area contributed by atoms with E-state index in [4.69, 9.17) is 0 Å². The number of thioether (sulfide) groups is 1. The van der Waals surface area contributed by atoms with E-state index >= 15 is 0 Å². The van der Waals surface area contributed by atoms with Gasteiger partial charge < -0.3 is 5.11 Å². The molecule has 0 radical (unpaired) electrons. The molecular formula is C12H17FOS. The molecule has 0 aliphatic rings. The summed E-state index contributed by atoms with van der Waals surface area (Å²) in [7, 11) is 0. The topological polar surface area (TPSA) is 20.2 Å². The average Bonchev–Trinajstić information content (AvgIpc) is 2.25. The zero-order valence-corrected chi connectivity index (χ0v) is 9.77. The fraction of sp³-hybridized carbons (Fsp3) is 0.500. The zero-order valence-electron chi connectivity index (χ0n) is 8.95. The molecule has 0 heterocycles. The number of hydrogen-bond donors (Lipinski definition) is 1. The first kappa shape index (κ1) is 12.5. The third kappa shape index (κ3) is 5.19. The quantitative estimate of drug-likeness (QED) is 0.752. The van der Waals surface area contributed by atoms with E-state index in [-0.39, 0.29) is 11.9 Å². The minimum atomic E-state index is -0.250. The van der Waals surface area contributed by atoms with Crippen molar-refractivity contribution >= 4 is 11.8 Å². The van der Waals surface area contributed by atoms with Crippen LogP contribution >= 0.6 is 11.8 Å². The molecule has 3 heteroatoms. The summed E-state index contributed by atoms with van der Waals surface area (Å²) in [6, 6.07) is 6.38. The van der Waals surface area contributed by atoms with Crippen molar-refractivity contribution in [1.29, 1.82) is 0 Å². The highest BCUT2D eigenvalue weighted by molar-refractivity contribution is 7.99. The standard InChI is InChI=1S/C12H17FOS/c1-2-3-4-11(14)9-15-12-7-5-10(13)6-8-12/h5-8,11,14H,2-4,9H2,1H3. The molecule has 1 N–H and O–H groups in total. The van der Waals surface area contributed by atoms with Gasteiger partial charge in [0, 0.05) is 10.6 Å². The van der Waals surface area contributed by atoms with Crippen LogP contribution in [0.25, 0.3) is 0 Å². The molecule has 1 aromatic rings. The third-order valence-electron chi connectivity index (χ3n) is 2.15. The van der Waals surface area contributed by atoms with Crippen LogP contribution in [0, 0.1) is 5.82 Å². The summed E-state index contributed by atoms with van der Waals surface area (Å²) in [6.45, 7) is 2.11. The van der Waals surface area contributed by atoms with Gasteiger partial charge in [0.15, 0.2) is 0 Å².